The Balaban J connectivity index is 1.70. The van der Waals surface area contributed by atoms with Gasteiger partial charge in [0.15, 0.2) is 0 Å². The van der Waals surface area contributed by atoms with Gasteiger partial charge in [-0.1, -0.05) is 17.2 Å². The Labute approximate surface area is 144 Å². The van der Waals surface area contributed by atoms with E-state index in [4.69, 9.17) is 4.74 Å². The summed E-state index contributed by atoms with van der Waals surface area (Å²) in [6.07, 6.45) is 7.58. The van der Waals surface area contributed by atoms with E-state index in [2.05, 4.69) is 0 Å². The van der Waals surface area contributed by atoms with Gasteiger partial charge >= 0.3 is 0 Å². The lowest BCUT2D eigenvalue weighted by molar-refractivity contribution is 0.280. The first-order valence-corrected chi connectivity index (χ1v) is 10.3. The van der Waals surface area contributed by atoms with Crippen LogP contribution in [0.4, 0.5) is 0 Å². The highest BCUT2D eigenvalue weighted by Gasteiger charge is 2.47. The lowest BCUT2D eigenvalue weighted by Crippen LogP contribution is -2.45. The predicted octanol–water partition coefficient (Wildman–Crippen LogP) is 3.80. The van der Waals surface area contributed by atoms with Crippen LogP contribution in [-0.4, -0.2) is 31.9 Å². The number of piperidine rings is 1. The Morgan fingerprint density at radius 3 is 2.29 bits per heavy atom. The molecule has 3 aliphatic rings. The number of nitrogens with zero attached hydrogens (tertiary/aromatic N) is 1. The molecule has 2 aliphatic heterocycles. The smallest absolute Gasteiger partial charge is 0.247 e. The first-order chi connectivity index (χ1) is 11.5. The number of sulfonamides is 1. The molecular weight excluding hydrogens is 322 g/mol. The first-order valence-electron chi connectivity index (χ1n) is 8.88. The molecule has 4 nitrogen and oxygen atoms in total. The van der Waals surface area contributed by atoms with Gasteiger partial charge in [-0.3, -0.25) is 0 Å². The van der Waals surface area contributed by atoms with Gasteiger partial charge in [-0.15, -0.1) is 0 Å². The summed E-state index contributed by atoms with van der Waals surface area (Å²) in [6, 6.07) is 5.65. The lowest BCUT2D eigenvalue weighted by Gasteiger charge is -2.37. The minimum atomic E-state index is -3.52. The molecule has 1 aliphatic carbocycles. The van der Waals surface area contributed by atoms with Gasteiger partial charge in [0.1, 0.15) is 10.6 Å². The van der Waals surface area contributed by atoms with Crippen molar-refractivity contribution in [3.05, 3.63) is 34.9 Å². The zero-order valence-corrected chi connectivity index (χ0v) is 15.2. The van der Waals surface area contributed by atoms with E-state index in [1.165, 1.54) is 26.4 Å². The normalized spacial score (nSPS) is 27.2. The average molecular weight is 347 g/mol. The number of rotatable bonds is 3. The maximum Gasteiger partial charge on any atom is 0.247 e. The molecule has 1 saturated carbocycles. The maximum absolute atomic E-state index is 13.4. The number of allylic oxidation sites excluding steroid dienone is 1. The van der Waals surface area contributed by atoms with Gasteiger partial charge in [-0.25, -0.2) is 8.42 Å². The molecule has 0 spiro atoms. The number of methoxy groups -OCH3 is 1. The molecule has 0 radical (unpaired) electrons. The van der Waals surface area contributed by atoms with Crippen molar-refractivity contribution < 1.29 is 13.2 Å². The van der Waals surface area contributed by atoms with Crippen molar-refractivity contribution >= 4 is 10.0 Å². The Morgan fingerprint density at radius 2 is 1.75 bits per heavy atom. The quantitative estimate of drug-likeness (QED) is 0.781. The number of hydrogen-bond donors (Lipinski definition) is 0. The summed E-state index contributed by atoms with van der Waals surface area (Å²) in [6.45, 7) is 1.92. The number of fused-ring (bicyclic) bond motifs is 2. The summed E-state index contributed by atoms with van der Waals surface area (Å²) in [4.78, 5) is 0.321. The fraction of sp³-hybridized carbons (Fsp3) is 0.579. The van der Waals surface area contributed by atoms with Crippen molar-refractivity contribution in [2.45, 2.75) is 68.8 Å². The summed E-state index contributed by atoms with van der Waals surface area (Å²) in [5.41, 5.74) is 4.10. The second kappa shape index (κ2) is 5.88. The molecule has 2 bridgehead atoms. The molecule has 5 heteroatoms. The number of ether oxygens (including phenoxy) is 1. The summed E-state index contributed by atoms with van der Waals surface area (Å²) in [5, 5.41) is 0. The first kappa shape index (κ1) is 16.2. The van der Waals surface area contributed by atoms with Gasteiger partial charge in [0, 0.05) is 12.1 Å². The number of benzene rings is 1. The second-order valence-corrected chi connectivity index (χ2v) is 9.15. The highest BCUT2D eigenvalue weighted by atomic mass is 32.2. The van der Waals surface area contributed by atoms with Crippen molar-refractivity contribution in [3.8, 4) is 5.75 Å². The molecule has 0 amide bonds. The highest BCUT2D eigenvalue weighted by molar-refractivity contribution is 7.89. The molecular formula is C19H25NO3S. The second-order valence-electron chi connectivity index (χ2n) is 7.34. The monoisotopic (exact) mass is 347 g/mol. The minimum Gasteiger partial charge on any atom is -0.495 e. The van der Waals surface area contributed by atoms with Crippen LogP contribution in [-0.2, 0) is 10.0 Å². The predicted molar refractivity (Wildman–Crippen MR) is 93.7 cm³/mol. The van der Waals surface area contributed by atoms with E-state index in [9.17, 15) is 8.42 Å². The van der Waals surface area contributed by atoms with E-state index in [0.29, 0.717) is 10.6 Å². The molecule has 4 rings (SSSR count). The third-order valence-corrected chi connectivity index (χ3v) is 7.87. The molecule has 130 valence electrons. The molecule has 0 aromatic heterocycles. The van der Waals surface area contributed by atoms with Crippen molar-refractivity contribution in [1.82, 2.24) is 4.31 Å². The summed E-state index contributed by atoms with van der Waals surface area (Å²) >= 11 is 0. The zero-order chi connectivity index (χ0) is 16.9. The topological polar surface area (TPSA) is 46.6 Å². The summed E-state index contributed by atoms with van der Waals surface area (Å²) in [5.74, 6) is 0.447. The fourth-order valence-electron chi connectivity index (χ4n) is 4.46. The van der Waals surface area contributed by atoms with E-state index in [-0.39, 0.29) is 12.1 Å². The molecule has 24 heavy (non-hydrogen) atoms. The summed E-state index contributed by atoms with van der Waals surface area (Å²) < 4.78 is 33.9. The fourth-order valence-corrected chi connectivity index (χ4v) is 6.57. The van der Waals surface area contributed by atoms with E-state index < -0.39 is 10.0 Å². The third kappa shape index (κ3) is 2.49. The molecule has 1 aromatic rings. The lowest BCUT2D eigenvalue weighted by atomic mass is 9.83. The number of aryl methyl sites for hydroxylation is 1. The molecule has 2 saturated heterocycles. The van der Waals surface area contributed by atoms with E-state index in [1.807, 2.05) is 13.0 Å². The molecule has 0 N–H and O–H groups in total. The van der Waals surface area contributed by atoms with Crippen LogP contribution in [0.2, 0.25) is 0 Å². The SMILES string of the molecule is COc1ccc(C)cc1S(=O)(=O)N1C2CCC1CC(=C1CCC1)C2. The molecule has 1 aromatic carbocycles. The Morgan fingerprint density at radius 1 is 1.08 bits per heavy atom. The van der Waals surface area contributed by atoms with Crippen molar-refractivity contribution in [3.63, 3.8) is 0 Å². The van der Waals surface area contributed by atoms with Gasteiger partial charge < -0.3 is 4.74 Å². The van der Waals surface area contributed by atoms with Crippen LogP contribution in [0.5, 0.6) is 5.75 Å². The molecule has 2 unspecified atom stereocenters. The largest absolute Gasteiger partial charge is 0.495 e. The van der Waals surface area contributed by atoms with Gasteiger partial charge in [0.25, 0.3) is 0 Å². The minimum absolute atomic E-state index is 0.127. The Bertz CT molecular complexity index is 775. The highest BCUT2D eigenvalue weighted by Crippen LogP contribution is 2.46. The Kier molecular flexibility index (Phi) is 3.96. The van der Waals surface area contributed by atoms with Crippen LogP contribution in [0, 0.1) is 6.92 Å². The van der Waals surface area contributed by atoms with Crippen LogP contribution in [0.1, 0.15) is 50.5 Å². The van der Waals surface area contributed by atoms with Crippen molar-refractivity contribution in [2.24, 2.45) is 0 Å². The van der Waals surface area contributed by atoms with Crippen LogP contribution in [0.25, 0.3) is 0 Å². The van der Waals surface area contributed by atoms with Crippen molar-refractivity contribution in [1.29, 1.82) is 0 Å². The van der Waals surface area contributed by atoms with Gasteiger partial charge in [0.2, 0.25) is 10.0 Å². The molecule has 3 fully saturated rings. The summed E-state index contributed by atoms with van der Waals surface area (Å²) in [7, 11) is -1.98. The van der Waals surface area contributed by atoms with Crippen LogP contribution < -0.4 is 4.74 Å². The molecule has 2 atom stereocenters. The maximum atomic E-state index is 13.4. The van der Waals surface area contributed by atoms with Crippen LogP contribution in [0.15, 0.2) is 34.2 Å². The van der Waals surface area contributed by atoms with E-state index >= 15 is 0 Å². The van der Waals surface area contributed by atoms with Gasteiger partial charge in [-0.05, 0) is 69.6 Å². The number of hydrogen-bond acceptors (Lipinski definition) is 3. The molecule has 2 heterocycles. The van der Waals surface area contributed by atoms with Gasteiger partial charge in [0.05, 0.1) is 7.11 Å². The van der Waals surface area contributed by atoms with Crippen molar-refractivity contribution in [2.75, 3.05) is 7.11 Å². The zero-order valence-electron chi connectivity index (χ0n) is 14.4. The van der Waals surface area contributed by atoms with Crippen LogP contribution in [0.3, 0.4) is 0 Å². The van der Waals surface area contributed by atoms with Crippen LogP contribution >= 0.6 is 0 Å². The van der Waals surface area contributed by atoms with E-state index in [0.717, 1.165) is 31.2 Å². The van der Waals surface area contributed by atoms with E-state index in [1.54, 1.807) is 27.6 Å². The third-order valence-electron chi connectivity index (χ3n) is 5.85. The van der Waals surface area contributed by atoms with Gasteiger partial charge in [-0.2, -0.15) is 4.31 Å². The standard InChI is InChI=1S/C19H25NO3S/c1-13-6-9-18(23-2)19(10-13)24(21,22)20-16-7-8-17(20)12-15(11-16)14-4-3-5-14/h6,9-10,16-17H,3-5,7-8,11-12H2,1-2H3. The Hall–Kier alpha value is -1.33. The average Bonchev–Trinajstić information content (AvgIpc) is 2.78.